The molecule has 1 atom stereocenters. The molecule has 0 bridgehead atoms. The van der Waals surface area contributed by atoms with Crippen LogP contribution in [0.25, 0.3) is 27.8 Å². The summed E-state index contributed by atoms with van der Waals surface area (Å²) in [5, 5.41) is 18.5. The molecule has 0 aliphatic heterocycles. The number of aliphatic hydroxyl groups is 1. The summed E-state index contributed by atoms with van der Waals surface area (Å²) in [5.74, 6) is 1.02. The lowest BCUT2D eigenvalue weighted by Gasteiger charge is -2.42. The van der Waals surface area contributed by atoms with Gasteiger partial charge in [0.05, 0.1) is 17.0 Å². The Labute approximate surface area is 267 Å². The van der Waals surface area contributed by atoms with Crippen LogP contribution in [-0.4, -0.2) is 49.5 Å². The summed E-state index contributed by atoms with van der Waals surface area (Å²) in [4.78, 5) is 31.5. The van der Waals surface area contributed by atoms with Crippen LogP contribution in [0.4, 0.5) is 0 Å². The van der Waals surface area contributed by atoms with Crippen molar-refractivity contribution in [1.82, 2.24) is 24.9 Å². The van der Waals surface area contributed by atoms with Gasteiger partial charge in [-0.1, -0.05) is 66.8 Å². The highest BCUT2D eigenvalue weighted by atomic mass is 16.3. The average molecular weight is 612 g/mol. The molecule has 3 aromatic heterocycles. The van der Waals surface area contributed by atoms with Gasteiger partial charge in [-0.3, -0.25) is 9.59 Å². The number of carbonyl (C=O) groups excluding carboxylic acids is 2. The first-order valence-corrected chi connectivity index (χ1v) is 15.9. The minimum atomic E-state index is -0.501. The highest BCUT2D eigenvalue weighted by Gasteiger charge is 2.40. The van der Waals surface area contributed by atoms with Crippen molar-refractivity contribution in [2.24, 2.45) is 5.92 Å². The van der Waals surface area contributed by atoms with Gasteiger partial charge in [0, 0.05) is 53.2 Å². The number of hydrogen-bond acceptors (Lipinski definition) is 6. The lowest BCUT2D eigenvalue weighted by Crippen LogP contribution is -2.41. The van der Waals surface area contributed by atoms with Crippen LogP contribution in [0.2, 0.25) is 0 Å². The first kappa shape index (κ1) is 29.7. The predicted molar refractivity (Wildman–Crippen MR) is 179 cm³/mol. The molecule has 2 saturated carbocycles. The van der Waals surface area contributed by atoms with Gasteiger partial charge >= 0.3 is 0 Å². The van der Waals surface area contributed by atoms with E-state index in [2.05, 4.69) is 66.0 Å². The molecule has 232 valence electrons. The highest BCUT2D eigenvalue weighted by molar-refractivity contribution is 6.01. The quantitative estimate of drug-likeness (QED) is 0.204. The average Bonchev–Trinajstić information content (AvgIpc) is 3.85. The fraction of sp³-hybridized carbons (Fsp3) is 0.289. The van der Waals surface area contributed by atoms with Crippen LogP contribution in [0.3, 0.4) is 0 Å². The number of pyridine rings is 1. The third-order valence-electron chi connectivity index (χ3n) is 9.27. The molecule has 3 heterocycles. The van der Waals surface area contributed by atoms with Crippen molar-refractivity contribution in [3.8, 4) is 11.1 Å². The summed E-state index contributed by atoms with van der Waals surface area (Å²) in [6.45, 7) is 1.93. The second kappa shape index (κ2) is 12.1. The number of rotatable bonds is 6. The summed E-state index contributed by atoms with van der Waals surface area (Å²) < 4.78 is 1.94. The second-order valence-electron chi connectivity index (χ2n) is 12.9. The number of aldehydes is 1. The van der Waals surface area contributed by atoms with E-state index in [1.54, 1.807) is 24.3 Å². The number of fused-ring (bicyclic) bond motifs is 3. The van der Waals surface area contributed by atoms with Crippen molar-refractivity contribution in [1.29, 1.82) is 0 Å². The molecule has 8 nitrogen and oxygen atoms in total. The normalized spacial score (nSPS) is 22.0. The first-order valence-electron chi connectivity index (χ1n) is 15.9. The molecule has 0 radical (unpaired) electrons. The van der Waals surface area contributed by atoms with E-state index in [1.165, 1.54) is 31.0 Å². The summed E-state index contributed by atoms with van der Waals surface area (Å²) in [6, 6.07) is 21.5. The van der Waals surface area contributed by atoms with Crippen LogP contribution < -0.4 is 5.32 Å². The molecule has 0 spiro atoms. The molecular weight excluding hydrogens is 574 g/mol. The Balaban J connectivity index is 0.000000240. The smallest absolute Gasteiger partial charge is 0.251 e. The molecule has 1 unspecified atom stereocenters. The molecule has 0 saturated heterocycles. The molecule has 8 rings (SSSR count). The molecule has 46 heavy (non-hydrogen) atoms. The number of nitrogens with zero attached hydrogens (tertiary/aromatic N) is 4. The molecule has 2 fully saturated rings. The van der Waals surface area contributed by atoms with E-state index in [0.29, 0.717) is 29.2 Å². The van der Waals surface area contributed by atoms with E-state index >= 15 is 0 Å². The third-order valence-corrected chi connectivity index (χ3v) is 9.27. The van der Waals surface area contributed by atoms with Crippen LogP contribution in [0.1, 0.15) is 83.0 Å². The van der Waals surface area contributed by atoms with Gasteiger partial charge in [-0.25, -0.2) is 9.97 Å². The van der Waals surface area contributed by atoms with E-state index in [4.69, 9.17) is 15.1 Å². The largest absolute Gasteiger partial charge is 0.390 e. The van der Waals surface area contributed by atoms with Crippen molar-refractivity contribution in [3.63, 3.8) is 0 Å². The van der Waals surface area contributed by atoms with E-state index < -0.39 is 5.60 Å². The number of amides is 1. The SMILES string of the molecule is CC1(O)CC(C2=CCC(c3nc4c(cnc5cc(C6CC6)nn54)cc3-c3ccccc3)C=C2)C1.CNC(=O)c1ccccc1C=O. The number of benzene rings is 2. The van der Waals surface area contributed by atoms with Gasteiger partial charge in [0.1, 0.15) is 0 Å². The van der Waals surface area contributed by atoms with Crippen LogP contribution in [0, 0.1) is 5.92 Å². The number of nitrogens with one attached hydrogen (secondary N) is 1. The Hall–Kier alpha value is -4.95. The Morgan fingerprint density at radius 2 is 1.80 bits per heavy atom. The van der Waals surface area contributed by atoms with E-state index in [-0.39, 0.29) is 11.8 Å². The Morgan fingerprint density at radius 3 is 2.48 bits per heavy atom. The first-order chi connectivity index (χ1) is 22.3. The summed E-state index contributed by atoms with van der Waals surface area (Å²) >= 11 is 0. The van der Waals surface area contributed by atoms with Crippen molar-refractivity contribution < 1.29 is 14.7 Å². The van der Waals surface area contributed by atoms with Gasteiger partial charge in [0.2, 0.25) is 0 Å². The Kier molecular flexibility index (Phi) is 7.82. The minimum absolute atomic E-state index is 0.200. The molecular formula is C38H37N5O3. The van der Waals surface area contributed by atoms with Gasteiger partial charge in [0.25, 0.3) is 5.91 Å². The fourth-order valence-corrected chi connectivity index (χ4v) is 6.60. The standard InChI is InChI=1S/C29H28N4O.C9H9NO2/c1-29(34)15-23(16-29)18-7-11-21(12-8-18)27-24(19-5-3-2-4-6-19)13-22-17-30-26-14-25(20-9-10-20)32-33(26)28(22)31-27;1-10-9(12)8-5-3-2-4-7(8)6-11/h2-8,11,13-14,17,20-21,23,34H,9-10,12,15-16H2,1H3;2-6H,1H3,(H,10,12). The van der Waals surface area contributed by atoms with Gasteiger partial charge in [0.15, 0.2) is 17.6 Å². The van der Waals surface area contributed by atoms with Crippen LogP contribution >= 0.6 is 0 Å². The number of hydrogen-bond donors (Lipinski definition) is 2. The summed E-state index contributed by atoms with van der Waals surface area (Å²) in [7, 11) is 1.53. The zero-order valence-corrected chi connectivity index (χ0v) is 26.1. The van der Waals surface area contributed by atoms with Crippen LogP contribution in [0.15, 0.2) is 96.7 Å². The highest BCUT2D eigenvalue weighted by Crippen LogP contribution is 2.45. The second-order valence-corrected chi connectivity index (χ2v) is 12.9. The van der Waals surface area contributed by atoms with E-state index in [9.17, 15) is 14.7 Å². The van der Waals surface area contributed by atoms with Crippen molar-refractivity contribution in [2.45, 2.75) is 56.5 Å². The van der Waals surface area contributed by atoms with E-state index in [1.807, 2.05) is 17.6 Å². The van der Waals surface area contributed by atoms with Crippen molar-refractivity contribution in [2.75, 3.05) is 7.05 Å². The maximum Gasteiger partial charge on any atom is 0.251 e. The number of carbonyl (C=O) groups is 2. The maximum absolute atomic E-state index is 11.1. The zero-order chi connectivity index (χ0) is 31.8. The minimum Gasteiger partial charge on any atom is -0.390 e. The molecule has 2 aromatic carbocycles. The molecule has 2 N–H and O–H groups in total. The Morgan fingerprint density at radius 1 is 1.04 bits per heavy atom. The van der Waals surface area contributed by atoms with Crippen LogP contribution in [0.5, 0.6) is 0 Å². The molecule has 3 aliphatic carbocycles. The monoisotopic (exact) mass is 611 g/mol. The predicted octanol–water partition coefficient (Wildman–Crippen LogP) is 6.81. The van der Waals surface area contributed by atoms with Crippen molar-refractivity contribution in [3.05, 3.63) is 119 Å². The van der Waals surface area contributed by atoms with Gasteiger partial charge in [-0.15, -0.1) is 0 Å². The van der Waals surface area contributed by atoms with Gasteiger partial charge in [-0.2, -0.15) is 9.61 Å². The maximum atomic E-state index is 11.1. The summed E-state index contributed by atoms with van der Waals surface area (Å²) in [6.07, 6.45) is 14.6. The van der Waals surface area contributed by atoms with Crippen LogP contribution in [-0.2, 0) is 0 Å². The van der Waals surface area contributed by atoms with E-state index in [0.717, 1.165) is 52.9 Å². The molecule has 1 amide bonds. The third kappa shape index (κ3) is 5.88. The topological polar surface area (TPSA) is 109 Å². The number of aromatic nitrogens is 4. The van der Waals surface area contributed by atoms with Crippen molar-refractivity contribution >= 4 is 28.9 Å². The zero-order valence-electron chi connectivity index (χ0n) is 26.1. The number of allylic oxidation sites excluding steroid dienone is 4. The summed E-state index contributed by atoms with van der Waals surface area (Å²) in [5.41, 5.74) is 7.98. The van der Waals surface area contributed by atoms with Gasteiger partial charge in [-0.05, 0) is 68.2 Å². The Bertz CT molecular complexity index is 2000. The lowest BCUT2D eigenvalue weighted by atomic mass is 9.67. The lowest BCUT2D eigenvalue weighted by molar-refractivity contribution is -0.0441. The van der Waals surface area contributed by atoms with Gasteiger partial charge < -0.3 is 10.4 Å². The molecule has 3 aliphatic rings. The molecule has 5 aromatic rings. The fourth-order valence-electron chi connectivity index (χ4n) is 6.60. The molecule has 8 heteroatoms.